The first-order valence-electron chi connectivity index (χ1n) is 6.28. The quantitative estimate of drug-likeness (QED) is 0.556. The van der Waals surface area contributed by atoms with Gasteiger partial charge in [-0.2, -0.15) is 0 Å². The molecule has 8 heteroatoms. The molecule has 3 N–H and O–H groups in total. The first-order chi connectivity index (χ1) is 8.79. The number of rotatable bonds is 5. The molecule has 1 atom stereocenters. The molecule has 0 spiro atoms. The molecular formula is C12H22Cl2N4OS. The summed E-state index contributed by atoms with van der Waals surface area (Å²) in [6.07, 6.45) is 5.30. The second-order valence-electron chi connectivity index (χ2n) is 4.42. The summed E-state index contributed by atoms with van der Waals surface area (Å²) in [4.78, 5) is 8.41. The summed E-state index contributed by atoms with van der Waals surface area (Å²) in [5.41, 5.74) is 0.691. The van der Waals surface area contributed by atoms with Crippen LogP contribution in [0.1, 0.15) is 24.6 Å². The number of hydrogen-bond donors (Lipinski definition) is 3. The van der Waals surface area contributed by atoms with E-state index in [9.17, 15) is 5.11 Å². The average molecular weight is 341 g/mol. The van der Waals surface area contributed by atoms with E-state index in [1.807, 2.05) is 6.26 Å². The van der Waals surface area contributed by atoms with Gasteiger partial charge in [0.2, 0.25) is 0 Å². The van der Waals surface area contributed by atoms with E-state index in [0.717, 1.165) is 25.9 Å². The van der Waals surface area contributed by atoms with Gasteiger partial charge in [-0.25, -0.2) is 9.97 Å². The molecular weight excluding hydrogens is 319 g/mol. The van der Waals surface area contributed by atoms with Gasteiger partial charge in [0.15, 0.2) is 5.16 Å². The lowest BCUT2D eigenvalue weighted by Crippen LogP contribution is -2.41. The number of aliphatic hydroxyl groups is 1. The number of aliphatic hydroxyl groups excluding tert-OH is 1. The topological polar surface area (TPSA) is 70.1 Å². The van der Waals surface area contributed by atoms with Gasteiger partial charge in [-0.15, -0.1) is 24.8 Å². The highest BCUT2D eigenvalue weighted by molar-refractivity contribution is 7.98. The first kappa shape index (κ1) is 19.9. The number of halogens is 2. The number of piperidine rings is 1. The second-order valence-corrected chi connectivity index (χ2v) is 5.19. The van der Waals surface area contributed by atoms with Crippen LogP contribution in [0.5, 0.6) is 0 Å². The van der Waals surface area contributed by atoms with Crippen LogP contribution in [0, 0.1) is 0 Å². The lowest BCUT2D eigenvalue weighted by molar-refractivity contribution is 0.161. The molecule has 0 amide bonds. The zero-order valence-corrected chi connectivity index (χ0v) is 13.9. The smallest absolute Gasteiger partial charge is 0.187 e. The predicted octanol–water partition coefficient (Wildman–Crippen LogP) is 1.42. The van der Waals surface area contributed by atoms with Crippen LogP contribution in [0.4, 0.5) is 0 Å². The van der Waals surface area contributed by atoms with Crippen LogP contribution in [0.2, 0.25) is 0 Å². The van der Waals surface area contributed by atoms with E-state index in [4.69, 9.17) is 0 Å². The molecule has 0 aromatic carbocycles. The third-order valence-corrected chi connectivity index (χ3v) is 3.68. The molecule has 1 aromatic rings. The van der Waals surface area contributed by atoms with Crippen molar-refractivity contribution in [3.63, 3.8) is 0 Å². The molecule has 2 rings (SSSR count). The van der Waals surface area contributed by atoms with Gasteiger partial charge < -0.3 is 15.7 Å². The summed E-state index contributed by atoms with van der Waals surface area (Å²) >= 11 is 1.48. The van der Waals surface area contributed by atoms with Crippen molar-refractivity contribution in [1.29, 1.82) is 0 Å². The SMILES string of the molecule is CSc1nccc(C(O)CNC2CCNCC2)n1.Cl.Cl. The van der Waals surface area contributed by atoms with E-state index in [0.29, 0.717) is 23.4 Å². The van der Waals surface area contributed by atoms with Crippen LogP contribution < -0.4 is 10.6 Å². The highest BCUT2D eigenvalue weighted by Crippen LogP contribution is 2.14. The Bertz CT molecular complexity index is 380. The Morgan fingerprint density at radius 1 is 1.45 bits per heavy atom. The third-order valence-electron chi connectivity index (χ3n) is 3.12. The Balaban J connectivity index is 0.00000180. The summed E-state index contributed by atoms with van der Waals surface area (Å²) in [7, 11) is 0. The van der Waals surface area contributed by atoms with E-state index >= 15 is 0 Å². The molecule has 1 aliphatic rings. The van der Waals surface area contributed by atoms with Crippen LogP contribution in [-0.2, 0) is 0 Å². The van der Waals surface area contributed by atoms with E-state index < -0.39 is 6.10 Å². The Morgan fingerprint density at radius 2 is 2.15 bits per heavy atom. The fraction of sp³-hybridized carbons (Fsp3) is 0.667. The fourth-order valence-corrected chi connectivity index (χ4v) is 2.41. The van der Waals surface area contributed by atoms with Crippen LogP contribution in [0.15, 0.2) is 17.4 Å². The minimum Gasteiger partial charge on any atom is -0.385 e. The third kappa shape index (κ3) is 6.11. The maximum absolute atomic E-state index is 10.1. The van der Waals surface area contributed by atoms with Crippen molar-refractivity contribution < 1.29 is 5.11 Å². The Labute approximate surface area is 136 Å². The van der Waals surface area contributed by atoms with Crippen molar-refractivity contribution in [3.05, 3.63) is 18.0 Å². The average Bonchev–Trinajstić information content (AvgIpc) is 2.46. The maximum Gasteiger partial charge on any atom is 0.187 e. The normalized spacial score (nSPS) is 16.9. The molecule has 20 heavy (non-hydrogen) atoms. The highest BCUT2D eigenvalue weighted by Gasteiger charge is 2.15. The molecule has 1 aromatic heterocycles. The highest BCUT2D eigenvalue weighted by atomic mass is 35.5. The van der Waals surface area contributed by atoms with Crippen LogP contribution in [-0.4, -0.2) is 47.0 Å². The predicted molar refractivity (Wildman–Crippen MR) is 87.2 cm³/mol. The van der Waals surface area contributed by atoms with Crippen molar-refractivity contribution in [3.8, 4) is 0 Å². The molecule has 2 heterocycles. The number of nitrogens with one attached hydrogen (secondary N) is 2. The Morgan fingerprint density at radius 3 is 2.80 bits per heavy atom. The summed E-state index contributed by atoms with van der Waals surface area (Å²) in [6.45, 7) is 2.66. The molecule has 1 aliphatic heterocycles. The molecule has 5 nitrogen and oxygen atoms in total. The Hall–Kier alpha value is -0.110. The second kappa shape index (κ2) is 10.6. The van der Waals surface area contributed by atoms with Crippen molar-refractivity contribution in [2.75, 3.05) is 25.9 Å². The molecule has 1 unspecified atom stereocenters. The first-order valence-corrected chi connectivity index (χ1v) is 7.51. The van der Waals surface area contributed by atoms with Crippen molar-refractivity contribution >= 4 is 36.6 Å². The molecule has 0 saturated carbocycles. The zero-order chi connectivity index (χ0) is 12.8. The van der Waals surface area contributed by atoms with E-state index in [1.165, 1.54) is 11.8 Å². The minimum atomic E-state index is -0.561. The summed E-state index contributed by atoms with van der Waals surface area (Å²) < 4.78 is 0. The number of hydrogen-bond acceptors (Lipinski definition) is 6. The van der Waals surface area contributed by atoms with Gasteiger partial charge in [0.05, 0.1) is 5.69 Å². The van der Waals surface area contributed by atoms with Crippen LogP contribution in [0.3, 0.4) is 0 Å². The van der Waals surface area contributed by atoms with Gasteiger partial charge in [-0.05, 0) is 38.3 Å². The molecule has 0 aliphatic carbocycles. The Kier molecular flexibility index (Phi) is 10.5. The zero-order valence-electron chi connectivity index (χ0n) is 11.4. The van der Waals surface area contributed by atoms with Crippen molar-refractivity contribution in [2.45, 2.75) is 30.1 Å². The van der Waals surface area contributed by atoms with E-state index in [-0.39, 0.29) is 24.8 Å². The number of thioether (sulfide) groups is 1. The lowest BCUT2D eigenvalue weighted by atomic mass is 10.1. The van der Waals surface area contributed by atoms with Crippen molar-refractivity contribution in [2.24, 2.45) is 0 Å². The summed E-state index contributed by atoms with van der Waals surface area (Å²) in [5.74, 6) is 0. The van der Waals surface area contributed by atoms with Gasteiger partial charge in [0, 0.05) is 18.8 Å². The van der Waals surface area contributed by atoms with E-state index in [2.05, 4.69) is 20.6 Å². The fourth-order valence-electron chi connectivity index (χ4n) is 2.05. The largest absolute Gasteiger partial charge is 0.385 e. The van der Waals surface area contributed by atoms with Gasteiger partial charge in [0.25, 0.3) is 0 Å². The van der Waals surface area contributed by atoms with Gasteiger partial charge in [-0.3, -0.25) is 0 Å². The minimum absolute atomic E-state index is 0. The molecule has 1 saturated heterocycles. The molecule has 116 valence electrons. The number of nitrogens with zero attached hydrogens (tertiary/aromatic N) is 2. The van der Waals surface area contributed by atoms with Crippen molar-refractivity contribution in [1.82, 2.24) is 20.6 Å². The number of aromatic nitrogens is 2. The monoisotopic (exact) mass is 340 g/mol. The molecule has 0 radical (unpaired) electrons. The lowest BCUT2D eigenvalue weighted by Gasteiger charge is -2.24. The summed E-state index contributed by atoms with van der Waals surface area (Å²) in [6, 6.07) is 2.27. The molecule has 0 bridgehead atoms. The maximum atomic E-state index is 10.1. The van der Waals surface area contributed by atoms with Crippen LogP contribution >= 0.6 is 36.6 Å². The summed E-state index contributed by atoms with van der Waals surface area (Å²) in [5, 5.41) is 17.5. The van der Waals surface area contributed by atoms with Gasteiger partial charge in [-0.1, -0.05) is 11.8 Å². The standard InChI is InChI=1S/C12H20N4OS.2ClH/c1-18-12-14-7-4-10(16-12)11(17)8-15-9-2-5-13-6-3-9;;/h4,7,9,11,13,15,17H,2-3,5-6,8H2,1H3;2*1H. The van der Waals surface area contributed by atoms with E-state index in [1.54, 1.807) is 12.3 Å². The molecule has 1 fully saturated rings. The van der Waals surface area contributed by atoms with Gasteiger partial charge in [0.1, 0.15) is 6.10 Å². The van der Waals surface area contributed by atoms with Crippen LogP contribution in [0.25, 0.3) is 0 Å². The van der Waals surface area contributed by atoms with Gasteiger partial charge >= 0.3 is 0 Å².